The zero-order chi connectivity index (χ0) is 10.3. The molecule has 1 aromatic rings. The van der Waals surface area contributed by atoms with Crippen LogP contribution >= 0.6 is 11.6 Å². The maximum atomic E-state index is 9.80. The number of aliphatic hydroxyl groups is 1. The Labute approximate surface area is 88.9 Å². The van der Waals surface area contributed by atoms with Crippen molar-refractivity contribution in [2.45, 2.75) is 39.2 Å². The first-order valence-corrected chi connectivity index (χ1v) is 5.32. The van der Waals surface area contributed by atoms with Crippen LogP contribution in [0, 0.1) is 13.8 Å². The quantitative estimate of drug-likeness (QED) is 0.716. The molecule has 0 bridgehead atoms. The second-order valence-electron chi connectivity index (χ2n) is 3.91. The van der Waals surface area contributed by atoms with E-state index in [0.717, 1.165) is 46.8 Å². The lowest BCUT2D eigenvalue weighted by Crippen LogP contribution is -2.14. The van der Waals surface area contributed by atoms with E-state index in [-0.39, 0.29) is 0 Å². The highest BCUT2D eigenvalue weighted by Crippen LogP contribution is 2.34. The third-order valence-electron chi connectivity index (χ3n) is 2.92. The lowest BCUT2D eigenvalue weighted by molar-refractivity contribution is 0.151. The summed E-state index contributed by atoms with van der Waals surface area (Å²) in [7, 11) is 0. The van der Waals surface area contributed by atoms with Crippen LogP contribution in [-0.2, 0) is 6.42 Å². The fourth-order valence-corrected chi connectivity index (χ4v) is 2.25. The van der Waals surface area contributed by atoms with E-state index in [1.54, 1.807) is 0 Å². The summed E-state index contributed by atoms with van der Waals surface area (Å²) in [4.78, 5) is 4.37. The monoisotopic (exact) mass is 211 g/mol. The molecule has 0 aliphatic heterocycles. The molecule has 2 nitrogen and oxygen atoms in total. The molecular weight excluding hydrogens is 198 g/mol. The molecule has 1 aliphatic rings. The summed E-state index contributed by atoms with van der Waals surface area (Å²) in [6.45, 7) is 3.89. The van der Waals surface area contributed by atoms with Crippen LogP contribution in [0.2, 0.25) is 5.02 Å². The Morgan fingerprint density at radius 3 is 2.86 bits per heavy atom. The Balaban J connectivity index is 2.63. The average Bonchev–Trinajstić information content (AvgIpc) is 2.17. The number of aromatic nitrogens is 1. The van der Waals surface area contributed by atoms with Gasteiger partial charge in [0.25, 0.3) is 0 Å². The van der Waals surface area contributed by atoms with E-state index in [9.17, 15) is 5.11 Å². The first-order chi connectivity index (χ1) is 6.61. The molecule has 0 aromatic carbocycles. The van der Waals surface area contributed by atoms with E-state index in [2.05, 4.69) is 4.98 Å². The summed E-state index contributed by atoms with van der Waals surface area (Å²) < 4.78 is 0. The average molecular weight is 212 g/mol. The molecule has 0 saturated carbocycles. The summed E-state index contributed by atoms with van der Waals surface area (Å²) in [6, 6.07) is 0. The third kappa shape index (κ3) is 1.43. The van der Waals surface area contributed by atoms with Crippen molar-refractivity contribution in [1.29, 1.82) is 0 Å². The van der Waals surface area contributed by atoms with Gasteiger partial charge in [-0.15, -0.1) is 0 Å². The molecule has 14 heavy (non-hydrogen) atoms. The number of fused-ring (bicyclic) bond motifs is 1. The number of aliphatic hydroxyl groups excluding tert-OH is 1. The van der Waals surface area contributed by atoms with Crippen LogP contribution in [0.15, 0.2) is 0 Å². The number of halogens is 1. The maximum Gasteiger partial charge on any atom is 0.0962 e. The summed E-state index contributed by atoms with van der Waals surface area (Å²) in [6.07, 6.45) is 2.44. The van der Waals surface area contributed by atoms with E-state index in [1.807, 2.05) is 13.8 Å². The van der Waals surface area contributed by atoms with Gasteiger partial charge in [0.2, 0.25) is 0 Å². The number of rotatable bonds is 0. The second-order valence-corrected chi connectivity index (χ2v) is 4.29. The molecule has 1 aromatic heterocycles. The van der Waals surface area contributed by atoms with Crippen molar-refractivity contribution in [2.24, 2.45) is 0 Å². The molecule has 1 heterocycles. The van der Waals surface area contributed by atoms with Gasteiger partial charge in [0, 0.05) is 0 Å². The fourth-order valence-electron chi connectivity index (χ4n) is 2.09. The summed E-state index contributed by atoms with van der Waals surface area (Å²) in [5.41, 5.74) is 3.91. The van der Waals surface area contributed by atoms with Gasteiger partial charge in [-0.1, -0.05) is 11.6 Å². The van der Waals surface area contributed by atoms with Crippen molar-refractivity contribution in [3.05, 3.63) is 27.5 Å². The number of aryl methyl sites for hydroxylation is 1. The Kier molecular flexibility index (Phi) is 2.50. The zero-order valence-electron chi connectivity index (χ0n) is 8.47. The summed E-state index contributed by atoms with van der Waals surface area (Å²) >= 11 is 6.12. The minimum Gasteiger partial charge on any atom is -0.387 e. The number of pyridine rings is 1. The standard InChI is InChI=1S/C11H14ClNO/c1-6-8-4-3-5-9(14)11(8)13-7(2)10(6)12/h9,14H,3-5H2,1-2H3. The van der Waals surface area contributed by atoms with Gasteiger partial charge in [0.15, 0.2) is 0 Å². The predicted octanol–water partition coefficient (Wildman–Crippen LogP) is 2.72. The summed E-state index contributed by atoms with van der Waals surface area (Å²) in [5, 5.41) is 10.5. The van der Waals surface area contributed by atoms with Crippen LogP contribution in [-0.4, -0.2) is 10.1 Å². The van der Waals surface area contributed by atoms with Crippen LogP contribution < -0.4 is 0 Å². The molecule has 0 saturated heterocycles. The van der Waals surface area contributed by atoms with Crippen molar-refractivity contribution < 1.29 is 5.11 Å². The van der Waals surface area contributed by atoms with Crippen LogP contribution in [0.4, 0.5) is 0 Å². The fraction of sp³-hybridized carbons (Fsp3) is 0.545. The highest BCUT2D eigenvalue weighted by atomic mass is 35.5. The largest absolute Gasteiger partial charge is 0.387 e. The minimum atomic E-state index is -0.395. The van der Waals surface area contributed by atoms with E-state index in [4.69, 9.17) is 11.6 Å². The van der Waals surface area contributed by atoms with Crippen molar-refractivity contribution in [3.8, 4) is 0 Å². The molecule has 0 fully saturated rings. The predicted molar refractivity (Wildman–Crippen MR) is 56.6 cm³/mol. The molecule has 0 amide bonds. The Morgan fingerprint density at radius 1 is 1.43 bits per heavy atom. The topological polar surface area (TPSA) is 33.1 Å². The summed E-state index contributed by atoms with van der Waals surface area (Å²) in [5.74, 6) is 0. The highest BCUT2D eigenvalue weighted by Gasteiger charge is 2.23. The smallest absolute Gasteiger partial charge is 0.0962 e. The maximum absolute atomic E-state index is 9.80. The lowest BCUT2D eigenvalue weighted by Gasteiger charge is -2.23. The first-order valence-electron chi connectivity index (χ1n) is 4.94. The van der Waals surface area contributed by atoms with E-state index < -0.39 is 6.10 Å². The van der Waals surface area contributed by atoms with E-state index >= 15 is 0 Å². The van der Waals surface area contributed by atoms with Crippen LogP contribution in [0.3, 0.4) is 0 Å². The molecule has 0 radical (unpaired) electrons. The molecule has 1 atom stereocenters. The molecule has 2 rings (SSSR count). The van der Waals surface area contributed by atoms with Gasteiger partial charge < -0.3 is 5.11 Å². The Bertz CT molecular complexity index is 376. The van der Waals surface area contributed by atoms with Gasteiger partial charge in [0.1, 0.15) is 0 Å². The first kappa shape index (κ1) is 9.94. The molecule has 1 unspecified atom stereocenters. The van der Waals surface area contributed by atoms with Gasteiger partial charge in [-0.05, 0) is 44.2 Å². The third-order valence-corrected chi connectivity index (χ3v) is 3.47. The van der Waals surface area contributed by atoms with Crippen LogP contribution in [0.5, 0.6) is 0 Å². The minimum absolute atomic E-state index is 0.395. The van der Waals surface area contributed by atoms with E-state index in [0.29, 0.717) is 0 Å². The Hall–Kier alpha value is -0.600. The van der Waals surface area contributed by atoms with Gasteiger partial charge in [-0.25, -0.2) is 0 Å². The SMILES string of the molecule is Cc1nc2c(c(C)c1Cl)CCCC2O. The van der Waals surface area contributed by atoms with Crippen molar-refractivity contribution in [2.75, 3.05) is 0 Å². The lowest BCUT2D eigenvalue weighted by atomic mass is 9.90. The molecule has 1 aliphatic carbocycles. The molecule has 0 spiro atoms. The number of hydrogen-bond acceptors (Lipinski definition) is 2. The Morgan fingerprint density at radius 2 is 2.14 bits per heavy atom. The van der Waals surface area contributed by atoms with Crippen LogP contribution in [0.25, 0.3) is 0 Å². The number of hydrogen-bond donors (Lipinski definition) is 1. The second kappa shape index (κ2) is 3.52. The molecular formula is C11H14ClNO. The van der Waals surface area contributed by atoms with Gasteiger partial charge in [0.05, 0.1) is 22.5 Å². The highest BCUT2D eigenvalue weighted by molar-refractivity contribution is 6.32. The zero-order valence-corrected chi connectivity index (χ0v) is 9.23. The molecule has 3 heteroatoms. The number of nitrogens with zero attached hydrogens (tertiary/aromatic N) is 1. The van der Waals surface area contributed by atoms with E-state index in [1.165, 1.54) is 0 Å². The van der Waals surface area contributed by atoms with Crippen molar-refractivity contribution in [1.82, 2.24) is 4.98 Å². The van der Waals surface area contributed by atoms with Gasteiger partial charge in [-0.3, -0.25) is 4.98 Å². The molecule has 76 valence electrons. The van der Waals surface area contributed by atoms with Gasteiger partial charge in [-0.2, -0.15) is 0 Å². The van der Waals surface area contributed by atoms with Gasteiger partial charge >= 0.3 is 0 Å². The van der Waals surface area contributed by atoms with Crippen molar-refractivity contribution in [3.63, 3.8) is 0 Å². The van der Waals surface area contributed by atoms with Crippen LogP contribution in [0.1, 0.15) is 41.5 Å². The van der Waals surface area contributed by atoms with Crippen molar-refractivity contribution >= 4 is 11.6 Å². The molecule has 1 N–H and O–H groups in total. The normalized spacial score (nSPS) is 20.7.